The number of hydrogen-bond acceptors (Lipinski definition) is 3. The summed E-state index contributed by atoms with van der Waals surface area (Å²) in [7, 11) is 0. The van der Waals surface area contributed by atoms with Crippen molar-refractivity contribution in [1.82, 2.24) is 0 Å². The summed E-state index contributed by atoms with van der Waals surface area (Å²) in [6.07, 6.45) is 0.00307. The number of nitrogen functional groups attached to an aromatic ring is 1. The molecule has 0 saturated heterocycles. The van der Waals surface area contributed by atoms with E-state index in [2.05, 4.69) is 5.32 Å². The Bertz CT molecular complexity index is 594. The van der Waals surface area contributed by atoms with E-state index in [-0.39, 0.29) is 29.5 Å². The fourth-order valence-corrected chi connectivity index (χ4v) is 1.72. The van der Waals surface area contributed by atoms with Crippen molar-refractivity contribution in [2.75, 3.05) is 11.1 Å². The highest BCUT2D eigenvalue weighted by molar-refractivity contribution is 5.93. The Morgan fingerprint density at radius 3 is 2.68 bits per heavy atom. The van der Waals surface area contributed by atoms with Crippen LogP contribution in [-0.4, -0.2) is 11.0 Å². The third kappa shape index (κ3) is 3.45. The lowest BCUT2D eigenvalue weighted by Gasteiger charge is -2.07. The number of phenols is 1. The number of hydrogen-bond donors (Lipinski definition) is 3. The van der Waals surface area contributed by atoms with E-state index in [1.54, 1.807) is 18.2 Å². The predicted molar refractivity (Wildman–Crippen MR) is 71.3 cm³/mol. The largest absolute Gasteiger partial charge is 0.508 e. The molecule has 0 aromatic heterocycles. The van der Waals surface area contributed by atoms with Gasteiger partial charge in [0.15, 0.2) is 0 Å². The highest BCUT2D eigenvalue weighted by Gasteiger charge is 2.08. The van der Waals surface area contributed by atoms with Crippen LogP contribution in [0.2, 0.25) is 0 Å². The Labute approximate surface area is 109 Å². The summed E-state index contributed by atoms with van der Waals surface area (Å²) in [5.74, 6) is -0.819. The molecule has 0 atom stereocenters. The monoisotopic (exact) mass is 260 g/mol. The zero-order valence-corrected chi connectivity index (χ0v) is 10.1. The van der Waals surface area contributed by atoms with E-state index in [4.69, 9.17) is 5.73 Å². The van der Waals surface area contributed by atoms with Crippen LogP contribution in [-0.2, 0) is 11.2 Å². The number of carbonyl (C=O) groups is 1. The number of amides is 1. The second kappa shape index (κ2) is 5.39. The van der Waals surface area contributed by atoms with Crippen molar-refractivity contribution in [3.63, 3.8) is 0 Å². The van der Waals surface area contributed by atoms with Gasteiger partial charge in [-0.2, -0.15) is 0 Å². The minimum atomic E-state index is -0.516. The van der Waals surface area contributed by atoms with Gasteiger partial charge in [0, 0.05) is 16.9 Å². The molecule has 0 aliphatic carbocycles. The Kier molecular flexibility index (Phi) is 3.66. The maximum Gasteiger partial charge on any atom is 0.228 e. The molecule has 0 fully saturated rings. The minimum absolute atomic E-state index is 0.00307. The Hall–Kier alpha value is -2.56. The van der Waals surface area contributed by atoms with Crippen molar-refractivity contribution in [1.29, 1.82) is 0 Å². The third-order valence-electron chi connectivity index (χ3n) is 2.55. The van der Waals surface area contributed by atoms with Gasteiger partial charge < -0.3 is 16.2 Å². The average molecular weight is 260 g/mol. The van der Waals surface area contributed by atoms with Gasteiger partial charge in [-0.3, -0.25) is 4.79 Å². The molecule has 0 bridgehead atoms. The zero-order valence-electron chi connectivity index (χ0n) is 10.1. The van der Waals surface area contributed by atoms with Gasteiger partial charge >= 0.3 is 0 Å². The van der Waals surface area contributed by atoms with Crippen molar-refractivity contribution < 1.29 is 14.3 Å². The number of halogens is 1. The molecule has 4 nitrogen and oxygen atoms in total. The van der Waals surface area contributed by atoms with Crippen LogP contribution in [0.15, 0.2) is 42.5 Å². The second-order valence-corrected chi connectivity index (χ2v) is 4.13. The average Bonchev–Trinajstić information content (AvgIpc) is 2.30. The maximum atomic E-state index is 13.1. The van der Waals surface area contributed by atoms with Gasteiger partial charge in [-0.05, 0) is 24.3 Å². The molecule has 0 aliphatic heterocycles. The zero-order chi connectivity index (χ0) is 13.8. The third-order valence-corrected chi connectivity index (χ3v) is 2.55. The molecule has 2 aromatic carbocycles. The first kappa shape index (κ1) is 12.9. The summed E-state index contributed by atoms with van der Waals surface area (Å²) < 4.78 is 13.1. The van der Waals surface area contributed by atoms with Crippen LogP contribution in [0, 0.1) is 5.82 Å². The van der Waals surface area contributed by atoms with Gasteiger partial charge in [0.05, 0.1) is 6.42 Å². The lowest BCUT2D eigenvalue weighted by atomic mass is 10.1. The quantitative estimate of drug-likeness (QED) is 0.741. The van der Waals surface area contributed by atoms with Gasteiger partial charge in [0.1, 0.15) is 11.6 Å². The summed E-state index contributed by atoms with van der Waals surface area (Å²) in [6.45, 7) is 0. The molecule has 4 N–H and O–H groups in total. The molecule has 98 valence electrons. The van der Waals surface area contributed by atoms with Gasteiger partial charge in [0.25, 0.3) is 0 Å². The van der Waals surface area contributed by atoms with Crippen LogP contribution in [0.25, 0.3) is 0 Å². The lowest BCUT2D eigenvalue weighted by molar-refractivity contribution is -0.115. The predicted octanol–water partition coefficient (Wildman–Crippen LogP) is 2.29. The second-order valence-electron chi connectivity index (χ2n) is 4.13. The van der Waals surface area contributed by atoms with Crippen LogP contribution in [0.4, 0.5) is 15.8 Å². The van der Waals surface area contributed by atoms with Crippen LogP contribution in [0.3, 0.4) is 0 Å². The number of carbonyl (C=O) groups excluding carboxylic acids is 1. The van der Waals surface area contributed by atoms with Crippen LogP contribution in [0.5, 0.6) is 5.75 Å². The molecule has 0 unspecified atom stereocenters. The molecule has 19 heavy (non-hydrogen) atoms. The first-order chi connectivity index (χ1) is 9.04. The lowest BCUT2D eigenvalue weighted by Crippen LogP contribution is -2.14. The van der Waals surface area contributed by atoms with Crippen LogP contribution in [0.1, 0.15) is 5.56 Å². The van der Waals surface area contributed by atoms with Crippen LogP contribution < -0.4 is 11.1 Å². The van der Waals surface area contributed by atoms with E-state index in [9.17, 15) is 14.3 Å². The summed E-state index contributed by atoms with van der Waals surface area (Å²) >= 11 is 0. The number of para-hydroxylation sites is 1. The Morgan fingerprint density at radius 2 is 2.00 bits per heavy atom. The molecule has 1 amide bonds. The fourth-order valence-electron chi connectivity index (χ4n) is 1.72. The first-order valence-electron chi connectivity index (χ1n) is 5.67. The molecule has 0 heterocycles. The van der Waals surface area contributed by atoms with Gasteiger partial charge in [-0.15, -0.1) is 0 Å². The molecule has 0 aliphatic rings. The Balaban J connectivity index is 2.07. The highest BCUT2D eigenvalue weighted by Crippen LogP contribution is 2.18. The van der Waals surface area contributed by atoms with Gasteiger partial charge in [-0.1, -0.05) is 18.2 Å². The number of benzene rings is 2. The van der Waals surface area contributed by atoms with Crippen molar-refractivity contribution in [2.45, 2.75) is 6.42 Å². The normalized spacial score (nSPS) is 10.2. The summed E-state index contributed by atoms with van der Waals surface area (Å²) in [4.78, 5) is 11.8. The molecular weight excluding hydrogens is 247 g/mol. The maximum absolute atomic E-state index is 13.1. The highest BCUT2D eigenvalue weighted by atomic mass is 19.1. The fraction of sp³-hybridized carbons (Fsp3) is 0.0714. The van der Waals surface area contributed by atoms with E-state index in [0.29, 0.717) is 5.56 Å². The number of nitrogens with two attached hydrogens (primary N) is 1. The number of anilines is 2. The minimum Gasteiger partial charge on any atom is -0.508 e. The van der Waals surface area contributed by atoms with Crippen molar-refractivity contribution in [3.05, 3.63) is 53.8 Å². The smallest absolute Gasteiger partial charge is 0.228 e. The van der Waals surface area contributed by atoms with Crippen molar-refractivity contribution >= 4 is 17.3 Å². The van der Waals surface area contributed by atoms with E-state index < -0.39 is 5.82 Å². The van der Waals surface area contributed by atoms with E-state index in [1.165, 1.54) is 24.3 Å². The van der Waals surface area contributed by atoms with Gasteiger partial charge in [-0.25, -0.2) is 4.39 Å². The molecule has 2 aromatic rings. The Morgan fingerprint density at radius 1 is 1.26 bits per heavy atom. The number of phenolic OH excluding ortho intramolecular Hbond substituents is 1. The van der Waals surface area contributed by atoms with Crippen LogP contribution >= 0.6 is 0 Å². The van der Waals surface area contributed by atoms with Crippen molar-refractivity contribution in [2.24, 2.45) is 0 Å². The van der Waals surface area contributed by atoms with E-state index in [1.807, 2.05) is 0 Å². The topological polar surface area (TPSA) is 75.3 Å². The molecular formula is C14H13FN2O2. The van der Waals surface area contributed by atoms with Crippen molar-refractivity contribution in [3.8, 4) is 5.75 Å². The first-order valence-corrected chi connectivity index (χ1v) is 5.67. The summed E-state index contributed by atoms with van der Waals surface area (Å²) in [5, 5.41) is 12.1. The molecule has 0 radical (unpaired) electrons. The van der Waals surface area contributed by atoms with E-state index in [0.717, 1.165) is 0 Å². The van der Waals surface area contributed by atoms with Gasteiger partial charge in [0.2, 0.25) is 5.91 Å². The standard InChI is InChI=1S/C14H13FN2O2/c15-10-6-11(16)8-12(7-10)17-14(19)5-9-3-1-2-4-13(9)18/h1-4,6-8,18H,5,16H2,(H,17,19). The number of rotatable bonds is 3. The molecule has 0 spiro atoms. The molecule has 5 heteroatoms. The summed E-state index contributed by atoms with van der Waals surface area (Å²) in [5.41, 5.74) is 6.51. The SMILES string of the molecule is Nc1cc(F)cc(NC(=O)Cc2ccccc2O)c1. The molecule has 0 saturated carbocycles. The number of nitrogens with one attached hydrogen (secondary N) is 1. The number of aromatic hydroxyl groups is 1. The summed E-state index contributed by atoms with van der Waals surface area (Å²) in [6, 6.07) is 10.4. The van der Waals surface area contributed by atoms with E-state index >= 15 is 0 Å². The molecule has 2 rings (SSSR count).